The van der Waals surface area contributed by atoms with E-state index in [0.717, 1.165) is 21.5 Å². The van der Waals surface area contributed by atoms with Gasteiger partial charge in [-0.2, -0.15) is 5.10 Å². The van der Waals surface area contributed by atoms with Gasteiger partial charge in [0.2, 0.25) is 0 Å². The third-order valence-corrected chi connectivity index (χ3v) is 5.75. The second kappa shape index (κ2) is 7.09. The van der Waals surface area contributed by atoms with Gasteiger partial charge in [-0.3, -0.25) is 19.4 Å². The van der Waals surface area contributed by atoms with E-state index in [1.165, 1.54) is 11.3 Å². The lowest BCUT2D eigenvalue weighted by molar-refractivity contribution is 0.0975. The molecule has 0 saturated carbocycles. The summed E-state index contributed by atoms with van der Waals surface area (Å²) in [5, 5.41) is 5.37. The molecular weight excluding hydrogens is 382 g/mol. The molecule has 136 valence electrons. The van der Waals surface area contributed by atoms with E-state index in [0.29, 0.717) is 22.4 Å². The summed E-state index contributed by atoms with van der Waals surface area (Å²) in [7, 11) is 1.74. The molecule has 8 heteroatoms. The van der Waals surface area contributed by atoms with Crippen LogP contribution in [-0.4, -0.2) is 25.7 Å². The van der Waals surface area contributed by atoms with E-state index in [1.807, 2.05) is 37.3 Å². The number of anilines is 1. The lowest BCUT2D eigenvalue weighted by atomic mass is 10.2. The number of amides is 1. The van der Waals surface area contributed by atoms with Crippen molar-refractivity contribution in [2.75, 3.05) is 4.90 Å². The first-order chi connectivity index (χ1) is 13.0. The number of pyridine rings is 1. The third kappa shape index (κ3) is 3.31. The van der Waals surface area contributed by atoms with Gasteiger partial charge in [0.1, 0.15) is 5.69 Å². The molecule has 1 amide bonds. The zero-order chi connectivity index (χ0) is 19.0. The molecule has 0 bridgehead atoms. The van der Waals surface area contributed by atoms with Crippen molar-refractivity contribution >= 4 is 44.2 Å². The number of hydrogen-bond acceptors (Lipinski definition) is 5. The van der Waals surface area contributed by atoms with Gasteiger partial charge in [0.05, 0.1) is 22.5 Å². The van der Waals surface area contributed by atoms with Crippen molar-refractivity contribution in [2.24, 2.45) is 7.05 Å². The molecule has 0 fully saturated rings. The molecule has 0 aliphatic heterocycles. The predicted molar refractivity (Wildman–Crippen MR) is 107 cm³/mol. The molecule has 0 saturated heterocycles. The van der Waals surface area contributed by atoms with Crippen LogP contribution in [0.5, 0.6) is 0 Å². The molecular formula is C19H16ClN5OS. The molecule has 0 aliphatic rings. The predicted octanol–water partition coefficient (Wildman–Crippen LogP) is 4.23. The zero-order valence-electron chi connectivity index (χ0n) is 14.8. The van der Waals surface area contributed by atoms with Crippen LogP contribution in [0.2, 0.25) is 5.02 Å². The molecule has 4 rings (SSSR count). The maximum absolute atomic E-state index is 13.2. The fraction of sp³-hybridized carbons (Fsp3) is 0.158. The van der Waals surface area contributed by atoms with Crippen LogP contribution in [0.1, 0.15) is 21.7 Å². The van der Waals surface area contributed by atoms with Gasteiger partial charge < -0.3 is 0 Å². The lowest BCUT2D eigenvalue weighted by Gasteiger charge is -2.19. The number of aryl methyl sites for hydroxylation is 2. The van der Waals surface area contributed by atoms with Gasteiger partial charge in [-0.1, -0.05) is 29.0 Å². The average molecular weight is 398 g/mol. The Morgan fingerprint density at radius 1 is 1.22 bits per heavy atom. The highest BCUT2D eigenvalue weighted by atomic mass is 35.5. The van der Waals surface area contributed by atoms with Crippen molar-refractivity contribution in [3.05, 3.63) is 70.8 Å². The van der Waals surface area contributed by atoms with E-state index in [-0.39, 0.29) is 5.91 Å². The summed E-state index contributed by atoms with van der Waals surface area (Å²) < 4.78 is 2.54. The van der Waals surface area contributed by atoms with Crippen molar-refractivity contribution in [3.63, 3.8) is 0 Å². The van der Waals surface area contributed by atoms with Crippen LogP contribution in [0.4, 0.5) is 5.13 Å². The van der Waals surface area contributed by atoms with Gasteiger partial charge >= 0.3 is 0 Å². The van der Waals surface area contributed by atoms with Gasteiger partial charge in [-0.05, 0) is 42.8 Å². The fourth-order valence-corrected chi connectivity index (χ4v) is 3.98. The highest BCUT2D eigenvalue weighted by Crippen LogP contribution is 2.34. The Bertz CT molecular complexity index is 1120. The Balaban J connectivity index is 1.81. The number of thiazole rings is 1. The molecule has 0 atom stereocenters. The Labute approximate surface area is 165 Å². The Hall–Kier alpha value is -2.77. The smallest absolute Gasteiger partial charge is 0.277 e. The number of fused-ring (bicyclic) bond motifs is 1. The monoisotopic (exact) mass is 397 g/mol. The third-order valence-electron chi connectivity index (χ3n) is 4.30. The molecule has 4 aromatic rings. The molecule has 1 aromatic carbocycles. The van der Waals surface area contributed by atoms with Crippen LogP contribution in [0, 0.1) is 6.92 Å². The molecule has 0 N–H and O–H groups in total. The van der Waals surface area contributed by atoms with Crippen molar-refractivity contribution in [1.29, 1.82) is 0 Å². The molecule has 27 heavy (non-hydrogen) atoms. The van der Waals surface area contributed by atoms with Crippen molar-refractivity contribution in [2.45, 2.75) is 13.5 Å². The van der Waals surface area contributed by atoms with Crippen LogP contribution in [-0.2, 0) is 13.6 Å². The van der Waals surface area contributed by atoms with Crippen LogP contribution < -0.4 is 4.90 Å². The van der Waals surface area contributed by atoms with Crippen LogP contribution in [0.3, 0.4) is 0 Å². The van der Waals surface area contributed by atoms with Crippen molar-refractivity contribution < 1.29 is 4.79 Å². The maximum atomic E-state index is 13.2. The van der Waals surface area contributed by atoms with E-state index in [9.17, 15) is 4.79 Å². The maximum Gasteiger partial charge on any atom is 0.278 e. The first-order valence-corrected chi connectivity index (χ1v) is 9.49. The number of halogens is 1. The standard InChI is InChI=1S/C19H16ClN5OS/c1-12-14(20)6-7-16-17(12)23-19(27-16)25(11-13-5-3-4-9-21-13)18(26)15-8-10-22-24(15)2/h3-10H,11H2,1-2H3. The second-order valence-electron chi connectivity index (χ2n) is 6.07. The highest BCUT2D eigenvalue weighted by Gasteiger charge is 2.24. The van der Waals surface area contributed by atoms with E-state index in [4.69, 9.17) is 16.6 Å². The number of aromatic nitrogens is 4. The Kier molecular flexibility index (Phi) is 4.63. The number of nitrogens with zero attached hydrogens (tertiary/aromatic N) is 5. The molecule has 0 spiro atoms. The highest BCUT2D eigenvalue weighted by molar-refractivity contribution is 7.22. The fourth-order valence-electron chi connectivity index (χ4n) is 2.81. The molecule has 3 aromatic heterocycles. The normalized spacial score (nSPS) is 11.1. The summed E-state index contributed by atoms with van der Waals surface area (Å²) in [6, 6.07) is 11.1. The number of benzene rings is 1. The molecule has 0 aliphatic carbocycles. The van der Waals surface area contributed by atoms with Crippen molar-refractivity contribution in [3.8, 4) is 0 Å². The largest absolute Gasteiger partial charge is 0.278 e. The van der Waals surface area contributed by atoms with Gasteiger partial charge in [0.15, 0.2) is 5.13 Å². The van der Waals surface area contributed by atoms with Crippen LogP contribution in [0.15, 0.2) is 48.8 Å². The minimum Gasteiger partial charge on any atom is -0.277 e. The summed E-state index contributed by atoms with van der Waals surface area (Å²) in [5.41, 5.74) is 2.98. The first-order valence-electron chi connectivity index (χ1n) is 8.30. The van der Waals surface area contributed by atoms with Gasteiger partial charge in [0, 0.05) is 24.5 Å². The van der Waals surface area contributed by atoms with E-state index < -0.39 is 0 Å². The van der Waals surface area contributed by atoms with Crippen LogP contribution in [0.25, 0.3) is 10.2 Å². The summed E-state index contributed by atoms with van der Waals surface area (Å²) in [6.07, 6.45) is 3.32. The SMILES string of the molecule is Cc1c(Cl)ccc2sc(N(Cc3ccccn3)C(=O)c3ccnn3C)nc12. The number of carbonyl (C=O) groups excluding carboxylic acids is 1. The minimum absolute atomic E-state index is 0.177. The first kappa shape index (κ1) is 17.6. The molecule has 6 nitrogen and oxygen atoms in total. The average Bonchev–Trinajstić information content (AvgIpc) is 3.30. The summed E-state index contributed by atoms with van der Waals surface area (Å²) in [4.78, 5) is 23.9. The lowest BCUT2D eigenvalue weighted by Crippen LogP contribution is -2.32. The molecule has 0 unspecified atom stereocenters. The molecule has 0 radical (unpaired) electrons. The number of rotatable bonds is 4. The molecule has 3 heterocycles. The number of hydrogen-bond donors (Lipinski definition) is 0. The summed E-state index contributed by atoms with van der Waals surface area (Å²) in [6.45, 7) is 2.25. The quantitative estimate of drug-likeness (QED) is 0.516. The van der Waals surface area contributed by atoms with E-state index in [1.54, 1.807) is 35.1 Å². The second-order valence-corrected chi connectivity index (χ2v) is 7.48. The minimum atomic E-state index is -0.177. The van der Waals surface area contributed by atoms with E-state index in [2.05, 4.69) is 10.1 Å². The van der Waals surface area contributed by atoms with Gasteiger partial charge in [0.25, 0.3) is 5.91 Å². The summed E-state index contributed by atoms with van der Waals surface area (Å²) >= 11 is 7.69. The zero-order valence-corrected chi connectivity index (χ0v) is 16.3. The Morgan fingerprint density at radius 2 is 2.07 bits per heavy atom. The summed E-state index contributed by atoms with van der Waals surface area (Å²) in [5.74, 6) is -0.177. The van der Waals surface area contributed by atoms with E-state index >= 15 is 0 Å². The van der Waals surface area contributed by atoms with Gasteiger partial charge in [-0.15, -0.1) is 0 Å². The van der Waals surface area contributed by atoms with Gasteiger partial charge in [-0.25, -0.2) is 4.98 Å². The Morgan fingerprint density at radius 3 is 2.78 bits per heavy atom. The number of carbonyl (C=O) groups is 1. The van der Waals surface area contributed by atoms with Crippen molar-refractivity contribution in [1.82, 2.24) is 19.7 Å². The topological polar surface area (TPSA) is 63.9 Å². The van der Waals surface area contributed by atoms with Crippen LogP contribution >= 0.6 is 22.9 Å².